The van der Waals surface area contributed by atoms with Crippen LogP contribution in [0.1, 0.15) is 29.2 Å². The van der Waals surface area contributed by atoms with Crippen LogP contribution in [0.4, 0.5) is 0 Å². The van der Waals surface area contributed by atoms with Gasteiger partial charge in [0.15, 0.2) is 0 Å². The van der Waals surface area contributed by atoms with Crippen LogP contribution >= 0.6 is 0 Å². The monoisotopic (exact) mass is 327 g/mol. The standard InChI is InChI=1S/C18H17NO3S/c1-12-6-8-15(9-7-12)23(21,22)19-17(20)11-14-10-13-4-2-3-5-16(13)18(14)19/h2-9,14,18H,10-11H2,1H3. The Hall–Kier alpha value is -2.14. The van der Waals surface area contributed by atoms with E-state index in [9.17, 15) is 13.2 Å². The molecule has 2 aromatic rings. The Balaban J connectivity index is 1.81. The molecule has 2 aliphatic rings. The SMILES string of the molecule is Cc1ccc(S(=O)(=O)N2C(=O)CC3Cc4ccccc4C32)cc1. The summed E-state index contributed by atoms with van der Waals surface area (Å²) in [6, 6.07) is 14.1. The number of carbonyl (C=O) groups excluding carboxylic acids is 1. The zero-order chi connectivity index (χ0) is 16.2. The maximum absolute atomic E-state index is 13.0. The zero-order valence-electron chi connectivity index (χ0n) is 12.8. The van der Waals surface area contributed by atoms with E-state index in [-0.39, 0.29) is 22.8 Å². The van der Waals surface area contributed by atoms with Gasteiger partial charge in [0.2, 0.25) is 5.91 Å². The minimum atomic E-state index is -3.82. The maximum atomic E-state index is 13.0. The van der Waals surface area contributed by atoms with Crippen LogP contribution in [0.5, 0.6) is 0 Å². The molecule has 1 amide bonds. The van der Waals surface area contributed by atoms with Crippen molar-refractivity contribution in [1.82, 2.24) is 4.31 Å². The van der Waals surface area contributed by atoms with E-state index in [1.807, 2.05) is 31.2 Å². The van der Waals surface area contributed by atoms with Crippen LogP contribution in [0.2, 0.25) is 0 Å². The first kappa shape index (κ1) is 14.5. The Morgan fingerprint density at radius 1 is 1.00 bits per heavy atom. The fraction of sp³-hybridized carbons (Fsp3) is 0.278. The molecule has 4 rings (SSSR count). The van der Waals surface area contributed by atoms with Gasteiger partial charge in [-0.25, -0.2) is 12.7 Å². The highest BCUT2D eigenvalue weighted by Gasteiger charge is 2.50. The molecule has 0 spiro atoms. The predicted octanol–water partition coefficient (Wildman–Crippen LogP) is 2.83. The first-order valence-electron chi connectivity index (χ1n) is 7.70. The molecule has 1 aliphatic carbocycles. The van der Waals surface area contributed by atoms with Crippen LogP contribution in [0.3, 0.4) is 0 Å². The molecule has 4 nitrogen and oxygen atoms in total. The third kappa shape index (κ3) is 2.10. The molecule has 1 aliphatic heterocycles. The minimum absolute atomic E-state index is 0.0557. The van der Waals surface area contributed by atoms with E-state index in [2.05, 4.69) is 0 Å². The molecule has 0 aromatic heterocycles. The first-order valence-corrected chi connectivity index (χ1v) is 9.14. The second-order valence-corrected chi connectivity index (χ2v) is 8.13. The van der Waals surface area contributed by atoms with Gasteiger partial charge in [-0.2, -0.15) is 0 Å². The highest BCUT2D eigenvalue weighted by Crippen LogP contribution is 2.48. The number of nitrogens with zero attached hydrogens (tertiary/aromatic N) is 1. The largest absolute Gasteiger partial charge is 0.274 e. The van der Waals surface area contributed by atoms with E-state index in [1.165, 1.54) is 0 Å². The van der Waals surface area contributed by atoms with Gasteiger partial charge in [0.1, 0.15) is 0 Å². The maximum Gasteiger partial charge on any atom is 0.267 e. The second-order valence-electron chi connectivity index (χ2n) is 6.32. The number of amides is 1. The van der Waals surface area contributed by atoms with E-state index >= 15 is 0 Å². The summed E-state index contributed by atoms with van der Waals surface area (Å²) in [7, 11) is -3.82. The van der Waals surface area contributed by atoms with Crippen molar-refractivity contribution in [2.24, 2.45) is 5.92 Å². The summed E-state index contributed by atoms with van der Waals surface area (Å²) in [5.74, 6) is -0.241. The van der Waals surface area contributed by atoms with E-state index < -0.39 is 10.0 Å². The lowest BCUT2D eigenvalue weighted by molar-refractivity contribution is -0.124. The van der Waals surface area contributed by atoms with Crippen molar-refractivity contribution < 1.29 is 13.2 Å². The third-order valence-corrected chi connectivity index (χ3v) is 6.63. The quantitative estimate of drug-likeness (QED) is 0.852. The zero-order valence-corrected chi connectivity index (χ0v) is 13.6. The van der Waals surface area contributed by atoms with Gasteiger partial charge in [0, 0.05) is 6.42 Å². The lowest BCUT2D eigenvalue weighted by atomic mass is 10.0. The molecule has 2 aromatic carbocycles. The summed E-state index contributed by atoms with van der Waals surface area (Å²) in [4.78, 5) is 12.6. The molecule has 0 N–H and O–H groups in total. The van der Waals surface area contributed by atoms with Crippen LogP contribution in [-0.4, -0.2) is 18.6 Å². The summed E-state index contributed by atoms with van der Waals surface area (Å²) >= 11 is 0. The van der Waals surface area contributed by atoms with Gasteiger partial charge in [0.25, 0.3) is 10.0 Å². The molecular formula is C18H17NO3S. The van der Waals surface area contributed by atoms with Crippen LogP contribution in [-0.2, 0) is 21.2 Å². The van der Waals surface area contributed by atoms with Gasteiger partial charge in [-0.3, -0.25) is 4.79 Å². The van der Waals surface area contributed by atoms with E-state index in [0.717, 1.165) is 27.4 Å². The van der Waals surface area contributed by atoms with Crippen LogP contribution < -0.4 is 0 Å². The number of aryl methyl sites for hydroxylation is 1. The highest BCUT2D eigenvalue weighted by atomic mass is 32.2. The van der Waals surface area contributed by atoms with Crippen molar-refractivity contribution in [2.75, 3.05) is 0 Å². The summed E-state index contributed by atoms with van der Waals surface area (Å²) in [5, 5.41) is 0. The fourth-order valence-electron chi connectivity index (χ4n) is 3.74. The van der Waals surface area contributed by atoms with Gasteiger partial charge >= 0.3 is 0 Å². The topological polar surface area (TPSA) is 54.5 Å². The van der Waals surface area contributed by atoms with Gasteiger partial charge in [-0.05, 0) is 42.5 Å². The Bertz CT molecular complexity index is 887. The summed E-state index contributed by atoms with van der Waals surface area (Å²) in [6.45, 7) is 1.90. The number of hydrogen-bond acceptors (Lipinski definition) is 3. The number of fused-ring (bicyclic) bond motifs is 3. The smallest absolute Gasteiger partial charge is 0.267 e. The molecule has 2 unspecified atom stereocenters. The normalized spacial score (nSPS) is 23.0. The predicted molar refractivity (Wildman–Crippen MR) is 86.2 cm³/mol. The molecule has 0 radical (unpaired) electrons. The summed E-state index contributed by atoms with van der Waals surface area (Å²) < 4.78 is 27.1. The van der Waals surface area contributed by atoms with Crippen molar-refractivity contribution >= 4 is 15.9 Å². The Morgan fingerprint density at radius 2 is 1.70 bits per heavy atom. The van der Waals surface area contributed by atoms with Crippen LogP contribution in [0.25, 0.3) is 0 Å². The van der Waals surface area contributed by atoms with Gasteiger partial charge in [-0.1, -0.05) is 42.0 Å². The summed E-state index contributed by atoms with van der Waals surface area (Å²) in [5.41, 5.74) is 3.11. The van der Waals surface area contributed by atoms with Crippen molar-refractivity contribution in [3.63, 3.8) is 0 Å². The Labute approximate surface area is 135 Å². The summed E-state index contributed by atoms with van der Waals surface area (Å²) in [6.07, 6.45) is 1.07. The lowest BCUT2D eigenvalue weighted by Gasteiger charge is -2.24. The molecule has 2 atom stereocenters. The fourth-order valence-corrected chi connectivity index (χ4v) is 5.37. The molecule has 0 bridgehead atoms. The number of hydrogen-bond donors (Lipinski definition) is 0. The van der Waals surface area contributed by atoms with E-state index in [1.54, 1.807) is 24.3 Å². The molecule has 1 fully saturated rings. The molecule has 1 heterocycles. The first-order chi connectivity index (χ1) is 11.0. The third-order valence-electron chi connectivity index (χ3n) is 4.82. The van der Waals surface area contributed by atoms with Crippen molar-refractivity contribution in [3.05, 3.63) is 65.2 Å². The van der Waals surface area contributed by atoms with Crippen LogP contribution in [0.15, 0.2) is 53.4 Å². The van der Waals surface area contributed by atoms with E-state index in [4.69, 9.17) is 0 Å². The number of rotatable bonds is 2. The molecule has 5 heteroatoms. The van der Waals surface area contributed by atoms with Crippen LogP contribution in [0, 0.1) is 12.8 Å². The van der Waals surface area contributed by atoms with Crippen molar-refractivity contribution in [2.45, 2.75) is 30.7 Å². The van der Waals surface area contributed by atoms with Gasteiger partial charge in [0.05, 0.1) is 10.9 Å². The second kappa shape index (κ2) is 4.93. The molecular weight excluding hydrogens is 310 g/mol. The highest BCUT2D eigenvalue weighted by molar-refractivity contribution is 7.89. The molecule has 0 saturated carbocycles. The number of benzene rings is 2. The molecule has 23 heavy (non-hydrogen) atoms. The van der Waals surface area contributed by atoms with E-state index in [0.29, 0.717) is 6.42 Å². The Morgan fingerprint density at radius 3 is 2.43 bits per heavy atom. The minimum Gasteiger partial charge on any atom is -0.274 e. The van der Waals surface area contributed by atoms with Crippen molar-refractivity contribution in [1.29, 1.82) is 0 Å². The Kier molecular flexibility index (Phi) is 3.10. The number of sulfonamides is 1. The molecule has 118 valence electrons. The van der Waals surface area contributed by atoms with Gasteiger partial charge < -0.3 is 0 Å². The average molecular weight is 327 g/mol. The lowest BCUT2D eigenvalue weighted by Crippen LogP contribution is -2.34. The number of carbonyl (C=O) groups is 1. The van der Waals surface area contributed by atoms with Crippen molar-refractivity contribution in [3.8, 4) is 0 Å². The molecule has 1 saturated heterocycles. The average Bonchev–Trinajstić information content (AvgIpc) is 3.02. The van der Waals surface area contributed by atoms with Gasteiger partial charge in [-0.15, -0.1) is 0 Å².